The van der Waals surface area contributed by atoms with Gasteiger partial charge in [-0.25, -0.2) is 0 Å². The summed E-state index contributed by atoms with van der Waals surface area (Å²) in [6.07, 6.45) is 20.8. The Balaban J connectivity index is 1.80. The Labute approximate surface area is 135 Å². The van der Waals surface area contributed by atoms with E-state index in [1.54, 1.807) is 0 Å². The van der Waals surface area contributed by atoms with Crippen LogP contribution in [-0.4, -0.2) is 25.3 Å². The second-order valence-corrected chi connectivity index (χ2v) is 5.92. The molecule has 1 heterocycles. The molecule has 2 atom stereocenters. The van der Waals surface area contributed by atoms with Gasteiger partial charge in [0.25, 0.3) is 0 Å². The van der Waals surface area contributed by atoms with E-state index in [4.69, 9.17) is 4.74 Å². The van der Waals surface area contributed by atoms with Crippen molar-refractivity contribution in [3.63, 3.8) is 0 Å². The zero-order chi connectivity index (χ0) is 16.0. The van der Waals surface area contributed by atoms with Gasteiger partial charge in [-0.1, -0.05) is 50.5 Å². The number of hydrogen-bond donors (Lipinski definition) is 0. The van der Waals surface area contributed by atoms with E-state index in [1.807, 2.05) is 0 Å². The fourth-order valence-electron chi connectivity index (χ4n) is 2.53. The lowest BCUT2D eigenvalue weighted by Gasteiger charge is -1.99. The van der Waals surface area contributed by atoms with Crippen molar-refractivity contribution in [3.05, 3.63) is 24.3 Å². The van der Waals surface area contributed by atoms with Gasteiger partial charge < -0.3 is 9.47 Å². The predicted octanol–water partition coefficient (Wildman–Crippen LogP) is 4.96. The molecule has 0 aromatic carbocycles. The highest BCUT2D eigenvalue weighted by atomic mass is 16.6. The minimum atomic E-state index is -0.0885. The summed E-state index contributed by atoms with van der Waals surface area (Å²) < 4.78 is 10.1. The molecule has 0 N–H and O–H groups in total. The van der Waals surface area contributed by atoms with Gasteiger partial charge in [-0.3, -0.25) is 4.79 Å². The van der Waals surface area contributed by atoms with Crippen LogP contribution in [-0.2, 0) is 14.3 Å². The minimum absolute atomic E-state index is 0.0885. The summed E-state index contributed by atoms with van der Waals surface area (Å²) in [4.78, 5) is 10.9. The third-order valence-electron chi connectivity index (χ3n) is 4.04. The summed E-state index contributed by atoms with van der Waals surface area (Å²) in [5.74, 6) is -0.0885. The van der Waals surface area contributed by atoms with Crippen molar-refractivity contribution in [1.29, 1.82) is 0 Å². The zero-order valence-corrected chi connectivity index (χ0v) is 14.3. The van der Waals surface area contributed by atoms with E-state index in [2.05, 4.69) is 36.0 Å². The van der Waals surface area contributed by atoms with Gasteiger partial charge in [0.1, 0.15) is 0 Å². The third-order valence-corrected chi connectivity index (χ3v) is 4.04. The van der Waals surface area contributed by atoms with Gasteiger partial charge in [-0.15, -0.1) is 0 Å². The van der Waals surface area contributed by atoms with Crippen molar-refractivity contribution < 1.29 is 14.3 Å². The molecule has 0 aromatic heterocycles. The van der Waals surface area contributed by atoms with E-state index in [0.717, 1.165) is 38.5 Å². The Hall–Kier alpha value is -1.09. The maximum absolute atomic E-state index is 10.9. The first kappa shape index (κ1) is 19.0. The Bertz CT molecular complexity index is 347. The molecule has 1 aliphatic heterocycles. The van der Waals surface area contributed by atoms with Crippen LogP contribution >= 0.6 is 0 Å². The van der Waals surface area contributed by atoms with Crippen molar-refractivity contribution in [3.8, 4) is 0 Å². The Morgan fingerprint density at radius 3 is 2.45 bits per heavy atom. The quantitative estimate of drug-likeness (QED) is 0.209. The molecule has 0 spiro atoms. The fraction of sp³-hybridized carbons (Fsp3) is 0.737. The standard InChI is InChI=1S/C19H32O3/c1-3-17-18(22-17)15-13-11-9-7-5-4-6-8-10-12-14-16-19(20)21-2/h5,7,11,13,17-18H,3-4,6,8-10,12,14-16H2,1-2H3/b7-5-,13-11-/t17-,18+/m1/s1. The van der Waals surface area contributed by atoms with Crippen LogP contribution in [0.5, 0.6) is 0 Å². The van der Waals surface area contributed by atoms with Crippen LogP contribution in [0.3, 0.4) is 0 Å². The molecule has 0 saturated carbocycles. The summed E-state index contributed by atoms with van der Waals surface area (Å²) in [7, 11) is 1.45. The summed E-state index contributed by atoms with van der Waals surface area (Å²) in [6.45, 7) is 2.18. The Kier molecular flexibility index (Phi) is 10.7. The Morgan fingerprint density at radius 2 is 1.73 bits per heavy atom. The SMILES string of the molecule is CC[C@H]1O[C@H]1C/C=C\C/C=C\CCCCCCCC(=O)OC. The van der Waals surface area contributed by atoms with Gasteiger partial charge in [0.15, 0.2) is 0 Å². The molecular weight excluding hydrogens is 276 g/mol. The molecule has 22 heavy (non-hydrogen) atoms. The van der Waals surface area contributed by atoms with Crippen molar-refractivity contribution in [2.75, 3.05) is 7.11 Å². The lowest BCUT2D eigenvalue weighted by molar-refractivity contribution is -0.140. The van der Waals surface area contributed by atoms with E-state index < -0.39 is 0 Å². The largest absolute Gasteiger partial charge is 0.469 e. The number of ether oxygens (including phenoxy) is 2. The lowest BCUT2D eigenvalue weighted by atomic mass is 10.1. The average molecular weight is 308 g/mol. The number of methoxy groups -OCH3 is 1. The number of epoxide rings is 1. The summed E-state index contributed by atoms with van der Waals surface area (Å²) in [6, 6.07) is 0. The lowest BCUT2D eigenvalue weighted by Crippen LogP contribution is -1.98. The topological polar surface area (TPSA) is 38.8 Å². The molecule has 3 heteroatoms. The highest BCUT2D eigenvalue weighted by molar-refractivity contribution is 5.68. The van der Waals surface area contributed by atoms with Crippen LogP contribution in [0.15, 0.2) is 24.3 Å². The smallest absolute Gasteiger partial charge is 0.305 e. The van der Waals surface area contributed by atoms with E-state index in [-0.39, 0.29) is 5.97 Å². The van der Waals surface area contributed by atoms with Crippen LogP contribution in [0.25, 0.3) is 0 Å². The molecule has 0 unspecified atom stereocenters. The summed E-state index contributed by atoms with van der Waals surface area (Å²) in [5.41, 5.74) is 0. The van der Waals surface area contributed by atoms with Crippen molar-refractivity contribution >= 4 is 5.97 Å². The molecule has 1 aliphatic rings. The van der Waals surface area contributed by atoms with Gasteiger partial charge in [0.05, 0.1) is 19.3 Å². The monoisotopic (exact) mass is 308 g/mol. The number of esters is 1. The average Bonchev–Trinajstić information content (AvgIpc) is 3.30. The number of carbonyl (C=O) groups excluding carboxylic acids is 1. The number of rotatable bonds is 13. The molecule has 1 saturated heterocycles. The maximum atomic E-state index is 10.9. The van der Waals surface area contributed by atoms with Crippen LogP contribution in [0, 0.1) is 0 Å². The molecule has 0 aromatic rings. The van der Waals surface area contributed by atoms with E-state index in [1.165, 1.54) is 26.4 Å². The van der Waals surface area contributed by atoms with Gasteiger partial charge in [0.2, 0.25) is 0 Å². The molecule has 0 radical (unpaired) electrons. The molecule has 0 aliphatic carbocycles. The number of unbranched alkanes of at least 4 members (excludes halogenated alkanes) is 5. The van der Waals surface area contributed by atoms with Crippen molar-refractivity contribution in [2.24, 2.45) is 0 Å². The fourth-order valence-corrected chi connectivity index (χ4v) is 2.53. The predicted molar refractivity (Wildman–Crippen MR) is 90.8 cm³/mol. The van der Waals surface area contributed by atoms with Crippen LogP contribution < -0.4 is 0 Å². The second-order valence-electron chi connectivity index (χ2n) is 5.92. The molecule has 1 fully saturated rings. The van der Waals surface area contributed by atoms with Crippen molar-refractivity contribution in [2.45, 2.75) is 83.3 Å². The van der Waals surface area contributed by atoms with E-state index >= 15 is 0 Å². The molecular formula is C19H32O3. The number of hydrogen-bond acceptors (Lipinski definition) is 3. The summed E-state index contributed by atoms with van der Waals surface area (Å²) >= 11 is 0. The molecule has 1 rings (SSSR count). The van der Waals surface area contributed by atoms with Gasteiger partial charge in [-0.05, 0) is 38.5 Å². The zero-order valence-electron chi connectivity index (χ0n) is 14.3. The van der Waals surface area contributed by atoms with Crippen LogP contribution in [0.1, 0.15) is 71.1 Å². The molecule has 126 valence electrons. The Morgan fingerprint density at radius 1 is 1.00 bits per heavy atom. The number of allylic oxidation sites excluding steroid dienone is 3. The molecule has 0 bridgehead atoms. The minimum Gasteiger partial charge on any atom is -0.469 e. The van der Waals surface area contributed by atoms with Gasteiger partial charge >= 0.3 is 5.97 Å². The summed E-state index contributed by atoms with van der Waals surface area (Å²) in [5, 5.41) is 0. The molecule has 3 nitrogen and oxygen atoms in total. The highest BCUT2D eigenvalue weighted by Crippen LogP contribution is 2.28. The van der Waals surface area contributed by atoms with Crippen LogP contribution in [0.2, 0.25) is 0 Å². The van der Waals surface area contributed by atoms with E-state index in [9.17, 15) is 4.79 Å². The maximum Gasteiger partial charge on any atom is 0.305 e. The second kappa shape index (κ2) is 12.5. The van der Waals surface area contributed by atoms with Crippen LogP contribution in [0.4, 0.5) is 0 Å². The van der Waals surface area contributed by atoms with Gasteiger partial charge in [-0.2, -0.15) is 0 Å². The first-order valence-corrected chi connectivity index (χ1v) is 8.80. The van der Waals surface area contributed by atoms with Gasteiger partial charge in [0, 0.05) is 6.42 Å². The molecule has 0 amide bonds. The van der Waals surface area contributed by atoms with Crippen molar-refractivity contribution in [1.82, 2.24) is 0 Å². The van der Waals surface area contributed by atoms with E-state index in [0.29, 0.717) is 18.6 Å². The third kappa shape index (κ3) is 9.78. The first-order valence-electron chi connectivity index (χ1n) is 8.80. The highest BCUT2D eigenvalue weighted by Gasteiger charge is 2.35. The number of carbonyl (C=O) groups is 1. The first-order chi connectivity index (χ1) is 10.8. The normalized spacial score (nSPS) is 20.8.